The summed E-state index contributed by atoms with van der Waals surface area (Å²) in [6.07, 6.45) is -1.90. The molecule has 104 valence electrons. The molecular weight excluding hydrogens is 278 g/mol. The van der Waals surface area contributed by atoms with Gasteiger partial charge in [-0.2, -0.15) is 0 Å². The third-order valence-electron chi connectivity index (χ3n) is 3.16. The predicted molar refractivity (Wildman–Crippen MR) is 78.6 cm³/mol. The van der Waals surface area contributed by atoms with Crippen molar-refractivity contribution in [3.05, 3.63) is 57.4 Å². The highest BCUT2D eigenvalue weighted by molar-refractivity contribution is 6.35. The second kappa shape index (κ2) is 6.59. The van der Waals surface area contributed by atoms with E-state index >= 15 is 0 Å². The summed E-state index contributed by atoms with van der Waals surface area (Å²) in [6, 6.07) is 10.9. The highest BCUT2D eigenvalue weighted by Gasteiger charge is 2.20. The Morgan fingerprint density at radius 2 is 1.90 bits per heavy atom. The quantitative estimate of drug-likeness (QED) is 0.501. The van der Waals surface area contributed by atoms with E-state index in [1.807, 2.05) is 18.2 Å². The summed E-state index contributed by atoms with van der Waals surface area (Å²) in [4.78, 5) is 2.61. The number of nitrogens with zero attached hydrogens (tertiary/aromatic N) is 3. The number of hydrogen-bond donors (Lipinski definition) is 2. The first-order valence-electron chi connectivity index (χ1n) is 6.19. The number of aliphatic hydroxyl groups excluding tert-OH is 2. The number of halogens is 1. The molecule has 0 heterocycles. The smallest absolute Gasteiger partial charge is 0.105 e. The molecule has 5 nitrogen and oxygen atoms in total. The second-order valence-corrected chi connectivity index (χ2v) is 4.85. The van der Waals surface area contributed by atoms with Crippen LogP contribution in [0.1, 0.15) is 18.1 Å². The molecule has 0 aliphatic carbocycles. The van der Waals surface area contributed by atoms with Gasteiger partial charge in [0.05, 0.1) is 6.10 Å². The van der Waals surface area contributed by atoms with E-state index in [2.05, 4.69) is 10.0 Å². The molecule has 2 N–H and O–H groups in total. The maximum Gasteiger partial charge on any atom is 0.105 e. The first-order chi connectivity index (χ1) is 9.65. The number of rotatable bonds is 5. The molecule has 0 fully saturated rings. The van der Waals surface area contributed by atoms with Crippen LogP contribution in [0.15, 0.2) is 41.5 Å². The minimum atomic E-state index is -1.08. The summed E-state index contributed by atoms with van der Waals surface area (Å²) in [5, 5.41) is 25.7. The minimum absolute atomic E-state index is 0.132. The van der Waals surface area contributed by atoms with Gasteiger partial charge in [0, 0.05) is 21.9 Å². The van der Waals surface area contributed by atoms with E-state index in [0.717, 1.165) is 10.8 Å². The fraction of sp³-hybridized carbons (Fsp3) is 0.286. The van der Waals surface area contributed by atoms with Crippen LogP contribution in [0.2, 0.25) is 5.02 Å². The van der Waals surface area contributed by atoms with Gasteiger partial charge in [0.15, 0.2) is 0 Å². The lowest BCUT2D eigenvalue weighted by Crippen LogP contribution is -2.19. The van der Waals surface area contributed by atoms with Crippen LogP contribution in [0, 0.1) is 0 Å². The number of azide groups is 1. The highest BCUT2D eigenvalue weighted by atomic mass is 35.5. The van der Waals surface area contributed by atoms with Gasteiger partial charge in [-0.25, -0.2) is 0 Å². The Bertz CT molecular complexity index is 651. The predicted octanol–water partition coefficient (Wildman–Crippen LogP) is 3.59. The Kier molecular flexibility index (Phi) is 4.82. The number of aliphatic hydroxyl groups is 2. The molecule has 2 rings (SSSR count). The first-order valence-corrected chi connectivity index (χ1v) is 6.57. The molecule has 0 saturated heterocycles. The molecule has 0 aliphatic rings. The van der Waals surface area contributed by atoms with E-state index in [-0.39, 0.29) is 13.0 Å². The first kappa shape index (κ1) is 14.6. The van der Waals surface area contributed by atoms with Gasteiger partial charge in [0.2, 0.25) is 0 Å². The average Bonchev–Trinajstić information content (AvgIpc) is 2.46. The van der Waals surface area contributed by atoms with Crippen LogP contribution in [0.4, 0.5) is 0 Å². The van der Waals surface area contributed by atoms with E-state index < -0.39 is 12.2 Å². The minimum Gasteiger partial charge on any atom is -0.390 e. The van der Waals surface area contributed by atoms with Crippen LogP contribution < -0.4 is 0 Å². The summed E-state index contributed by atoms with van der Waals surface area (Å²) in [5.41, 5.74) is 8.78. The molecule has 20 heavy (non-hydrogen) atoms. The third-order valence-corrected chi connectivity index (χ3v) is 3.47. The molecule has 0 aliphatic heterocycles. The lowest BCUT2D eigenvalue weighted by molar-refractivity contribution is 0.0159. The van der Waals surface area contributed by atoms with Crippen molar-refractivity contribution in [2.45, 2.75) is 18.6 Å². The number of fused-ring (bicyclic) bond motifs is 1. The van der Waals surface area contributed by atoms with Gasteiger partial charge >= 0.3 is 0 Å². The highest BCUT2D eigenvalue weighted by Crippen LogP contribution is 2.32. The van der Waals surface area contributed by atoms with Crippen LogP contribution in [0.5, 0.6) is 0 Å². The average molecular weight is 292 g/mol. The summed E-state index contributed by atoms with van der Waals surface area (Å²) >= 11 is 6.18. The van der Waals surface area contributed by atoms with Crippen LogP contribution in [0.3, 0.4) is 0 Å². The molecule has 0 radical (unpaired) electrons. The van der Waals surface area contributed by atoms with Crippen molar-refractivity contribution >= 4 is 22.4 Å². The molecule has 2 aromatic rings. The molecule has 0 saturated carbocycles. The Labute approximate surface area is 121 Å². The maximum atomic E-state index is 10.3. The van der Waals surface area contributed by atoms with Gasteiger partial charge in [0.1, 0.15) is 6.10 Å². The van der Waals surface area contributed by atoms with Crippen molar-refractivity contribution in [3.63, 3.8) is 0 Å². The summed E-state index contributed by atoms with van der Waals surface area (Å²) < 4.78 is 0. The topological polar surface area (TPSA) is 89.2 Å². The van der Waals surface area contributed by atoms with Gasteiger partial charge in [-0.1, -0.05) is 47.0 Å². The molecule has 0 spiro atoms. The Hall–Kier alpha value is -1.78. The van der Waals surface area contributed by atoms with E-state index in [1.54, 1.807) is 18.2 Å². The van der Waals surface area contributed by atoms with Crippen molar-refractivity contribution in [2.75, 3.05) is 6.54 Å². The molecule has 2 atom stereocenters. The van der Waals surface area contributed by atoms with Crippen LogP contribution in [-0.4, -0.2) is 22.9 Å². The van der Waals surface area contributed by atoms with Crippen molar-refractivity contribution in [3.8, 4) is 0 Å². The fourth-order valence-corrected chi connectivity index (χ4v) is 2.46. The maximum absolute atomic E-state index is 10.3. The molecular formula is C14H14ClN3O2. The largest absolute Gasteiger partial charge is 0.390 e. The van der Waals surface area contributed by atoms with E-state index in [0.29, 0.717) is 10.6 Å². The van der Waals surface area contributed by atoms with Crippen LogP contribution >= 0.6 is 11.6 Å². The Morgan fingerprint density at radius 3 is 2.60 bits per heavy atom. The monoisotopic (exact) mass is 291 g/mol. The zero-order valence-electron chi connectivity index (χ0n) is 10.6. The van der Waals surface area contributed by atoms with E-state index in [9.17, 15) is 10.2 Å². The normalized spacial score (nSPS) is 13.8. The van der Waals surface area contributed by atoms with Gasteiger partial charge in [-0.15, -0.1) is 0 Å². The van der Waals surface area contributed by atoms with Gasteiger partial charge in [-0.3, -0.25) is 0 Å². The standard InChI is InChI=1S/C14H14ClN3O2/c15-11-6-2-4-9-3-1-5-10(13(9)11)14(20)12(19)7-8-17-18-16/h1-6,12,14,19-20H,7-8H2. The summed E-state index contributed by atoms with van der Waals surface area (Å²) in [6.45, 7) is 0.132. The zero-order valence-corrected chi connectivity index (χ0v) is 11.4. The number of benzene rings is 2. The van der Waals surface area contributed by atoms with Crippen molar-refractivity contribution < 1.29 is 10.2 Å². The van der Waals surface area contributed by atoms with Gasteiger partial charge < -0.3 is 10.2 Å². The Morgan fingerprint density at radius 1 is 1.20 bits per heavy atom. The van der Waals surface area contributed by atoms with Crippen LogP contribution in [-0.2, 0) is 0 Å². The lowest BCUT2D eigenvalue weighted by Gasteiger charge is -2.19. The van der Waals surface area contributed by atoms with Crippen molar-refractivity contribution in [1.29, 1.82) is 0 Å². The molecule has 6 heteroatoms. The summed E-state index contributed by atoms with van der Waals surface area (Å²) in [5.74, 6) is 0. The fourth-order valence-electron chi connectivity index (χ4n) is 2.17. The molecule has 2 aromatic carbocycles. The SMILES string of the molecule is [N-]=[N+]=NCCC(O)C(O)c1cccc2cccc(Cl)c12. The Balaban J connectivity index is 2.34. The van der Waals surface area contributed by atoms with Crippen LogP contribution in [0.25, 0.3) is 21.2 Å². The second-order valence-electron chi connectivity index (χ2n) is 4.44. The molecule has 2 unspecified atom stereocenters. The van der Waals surface area contributed by atoms with E-state index in [1.165, 1.54) is 0 Å². The van der Waals surface area contributed by atoms with Gasteiger partial charge in [-0.05, 0) is 29.0 Å². The third kappa shape index (κ3) is 3.03. The molecule has 0 aromatic heterocycles. The molecule has 0 amide bonds. The van der Waals surface area contributed by atoms with Crippen molar-refractivity contribution in [2.24, 2.45) is 5.11 Å². The van der Waals surface area contributed by atoms with E-state index in [4.69, 9.17) is 17.1 Å². The van der Waals surface area contributed by atoms with Gasteiger partial charge in [0.25, 0.3) is 0 Å². The zero-order chi connectivity index (χ0) is 14.5. The summed E-state index contributed by atoms with van der Waals surface area (Å²) in [7, 11) is 0. The van der Waals surface area contributed by atoms with Crippen molar-refractivity contribution in [1.82, 2.24) is 0 Å². The number of hydrogen-bond acceptors (Lipinski definition) is 3. The molecule has 0 bridgehead atoms. The lowest BCUT2D eigenvalue weighted by atomic mass is 9.96.